The van der Waals surface area contributed by atoms with Crippen LogP contribution in [0.3, 0.4) is 0 Å². The molecular formula is C30H30FN3O5. The van der Waals surface area contributed by atoms with Crippen LogP contribution in [0.5, 0.6) is 0 Å². The van der Waals surface area contributed by atoms with Crippen LogP contribution in [-0.4, -0.2) is 42.1 Å². The van der Waals surface area contributed by atoms with Gasteiger partial charge in [0, 0.05) is 22.5 Å². The number of esters is 2. The predicted molar refractivity (Wildman–Crippen MR) is 145 cm³/mol. The fourth-order valence-electron chi connectivity index (χ4n) is 5.18. The van der Waals surface area contributed by atoms with Crippen LogP contribution >= 0.6 is 0 Å². The Labute approximate surface area is 225 Å². The van der Waals surface area contributed by atoms with Crippen LogP contribution in [0.4, 0.5) is 4.39 Å². The Morgan fingerprint density at radius 1 is 1.00 bits per heavy atom. The van der Waals surface area contributed by atoms with Crippen LogP contribution in [0.25, 0.3) is 22.9 Å². The first-order chi connectivity index (χ1) is 18.6. The van der Waals surface area contributed by atoms with Crippen LogP contribution < -0.4 is 5.32 Å². The Hall–Kier alpha value is -4.53. The number of nitrogens with one attached hydrogen (secondary N) is 1. The third-order valence-corrected chi connectivity index (χ3v) is 6.81. The van der Waals surface area contributed by atoms with E-state index >= 15 is 0 Å². The molecule has 2 aromatic heterocycles. The molecule has 0 fully saturated rings. The minimum Gasteiger partial charge on any atom is -0.466 e. The molecule has 0 bridgehead atoms. The summed E-state index contributed by atoms with van der Waals surface area (Å²) >= 11 is 0. The van der Waals surface area contributed by atoms with E-state index in [4.69, 9.17) is 14.6 Å². The highest BCUT2D eigenvalue weighted by Gasteiger charge is 2.39. The van der Waals surface area contributed by atoms with Crippen molar-refractivity contribution in [1.82, 2.24) is 14.9 Å². The maximum Gasteiger partial charge on any atom is 0.336 e. The highest BCUT2D eigenvalue weighted by molar-refractivity contribution is 6.00. The molecule has 0 saturated heterocycles. The van der Waals surface area contributed by atoms with Crippen LogP contribution in [0.2, 0.25) is 0 Å². The smallest absolute Gasteiger partial charge is 0.336 e. The average molecular weight is 532 g/mol. The van der Waals surface area contributed by atoms with Crippen molar-refractivity contribution >= 4 is 29.8 Å². The third-order valence-electron chi connectivity index (χ3n) is 6.81. The Morgan fingerprint density at radius 3 is 2.10 bits per heavy atom. The number of dihydropyridines is 1. The number of halogens is 1. The Kier molecular flexibility index (Phi) is 7.80. The zero-order valence-electron chi connectivity index (χ0n) is 22.7. The van der Waals surface area contributed by atoms with Crippen molar-refractivity contribution in [1.29, 1.82) is 0 Å². The molecule has 0 amide bonds. The van der Waals surface area contributed by atoms with Gasteiger partial charge in [0.05, 0.1) is 48.2 Å². The molecule has 9 heteroatoms. The first-order valence-electron chi connectivity index (χ1n) is 12.4. The molecule has 4 rings (SSSR count). The number of fused-ring (bicyclic) bond motifs is 1. The maximum absolute atomic E-state index is 13.8. The second-order valence-electron chi connectivity index (χ2n) is 9.51. The predicted octanol–water partition coefficient (Wildman–Crippen LogP) is 5.06. The van der Waals surface area contributed by atoms with Gasteiger partial charge in [0.2, 0.25) is 0 Å². The molecule has 3 aromatic rings. The van der Waals surface area contributed by atoms with Crippen LogP contribution in [-0.2, 0) is 23.9 Å². The third kappa shape index (κ3) is 4.87. The van der Waals surface area contributed by atoms with Crippen LogP contribution in [0.1, 0.15) is 56.4 Å². The van der Waals surface area contributed by atoms with Gasteiger partial charge >= 0.3 is 11.9 Å². The molecule has 1 aliphatic heterocycles. The first-order valence-corrected chi connectivity index (χ1v) is 12.4. The van der Waals surface area contributed by atoms with Crippen molar-refractivity contribution in [3.8, 4) is 11.3 Å². The summed E-state index contributed by atoms with van der Waals surface area (Å²) in [5.74, 6) is -2.44. The maximum atomic E-state index is 13.8. The zero-order chi connectivity index (χ0) is 28.4. The highest BCUT2D eigenvalue weighted by Crippen LogP contribution is 2.41. The SMILES string of the molecule is COC(=O)C1=C(C)NC(C)=C(C(=O)OC)C1c1ccc2c(C(C)C)c(C=CC=O)c(-c3ccc(F)cc3)nn12. The van der Waals surface area contributed by atoms with E-state index in [1.807, 2.05) is 26.0 Å². The van der Waals surface area contributed by atoms with Crippen molar-refractivity contribution in [3.63, 3.8) is 0 Å². The largest absolute Gasteiger partial charge is 0.466 e. The quantitative estimate of drug-likeness (QED) is 0.259. The van der Waals surface area contributed by atoms with Gasteiger partial charge in [-0.25, -0.2) is 18.5 Å². The minimum absolute atomic E-state index is 0.00788. The molecule has 8 nitrogen and oxygen atoms in total. The normalized spacial score (nSPS) is 14.4. The van der Waals surface area contributed by atoms with E-state index < -0.39 is 23.7 Å². The molecule has 0 aliphatic carbocycles. The monoisotopic (exact) mass is 531 g/mol. The van der Waals surface area contributed by atoms with Gasteiger partial charge < -0.3 is 14.8 Å². The Bertz CT molecular complexity index is 1520. The molecular weight excluding hydrogens is 501 g/mol. The average Bonchev–Trinajstić information content (AvgIpc) is 3.33. The molecule has 39 heavy (non-hydrogen) atoms. The summed E-state index contributed by atoms with van der Waals surface area (Å²) in [6.45, 7) is 7.53. The van der Waals surface area contributed by atoms with Crippen molar-refractivity contribution in [2.24, 2.45) is 0 Å². The van der Waals surface area contributed by atoms with Gasteiger partial charge in [-0.05, 0) is 73.9 Å². The van der Waals surface area contributed by atoms with Crippen LogP contribution in [0.15, 0.2) is 65.0 Å². The van der Waals surface area contributed by atoms with Gasteiger partial charge in [-0.2, -0.15) is 5.10 Å². The topological polar surface area (TPSA) is 99.0 Å². The Morgan fingerprint density at radius 2 is 1.59 bits per heavy atom. The number of methoxy groups -OCH3 is 2. The molecule has 0 spiro atoms. The first kappa shape index (κ1) is 27.5. The minimum atomic E-state index is -0.849. The van der Waals surface area contributed by atoms with Gasteiger partial charge in [-0.1, -0.05) is 13.8 Å². The van der Waals surface area contributed by atoms with E-state index in [9.17, 15) is 18.8 Å². The fourth-order valence-corrected chi connectivity index (χ4v) is 5.18. The highest BCUT2D eigenvalue weighted by atomic mass is 19.1. The number of hydrogen-bond donors (Lipinski definition) is 1. The van der Waals surface area contributed by atoms with E-state index in [-0.39, 0.29) is 17.1 Å². The molecule has 1 aromatic carbocycles. The molecule has 1 aliphatic rings. The molecule has 202 valence electrons. The number of hydrogen-bond acceptors (Lipinski definition) is 7. The van der Waals surface area contributed by atoms with Gasteiger partial charge in [0.25, 0.3) is 0 Å². The van der Waals surface area contributed by atoms with E-state index in [0.717, 1.165) is 11.1 Å². The van der Waals surface area contributed by atoms with E-state index in [1.54, 1.807) is 36.6 Å². The van der Waals surface area contributed by atoms with Crippen LogP contribution in [0, 0.1) is 5.82 Å². The standard InChI is InChI=1S/C30H30FN3O5/c1-16(2)24-21(8-7-15-35)28(19-9-11-20(31)12-10-19)33-34-22(24)13-14-23(34)27-25(29(36)38-5)17(3)32-18(4)26(27)30(37)39-6/h7-16,27,32H,1-6H3. The summed E-state index contributed by atoms with van der Waals surface area (Å²) in [6, 6.07) is 9.62. The molecule has 1 N–H and O–H groups in total. The van der Waals surface area contributed by atoms with E-state index in [0.29, 0.717) is 40.2 Å². The molecule has 0 saturated carbocycles. The van der Waals surface area contributed by atoms with Crippen molar-refractivity contribution in [3.05, 3.63) is 87.7 Å². The Balaban J connectivity index is 2.13. The van der Waals surface area contributed by atoms with E-state index in [1.165, 1.54) is 32.4 Å². The number of carbonyl (C=O) groups is 3. The molecule has 3 heterocycles. The number of benzene rings is 1. The van der Waals surface area contributed by atoms with Gasteiger partial charge in [0.1, 0.15) is 12.1 Å². The lowest BCUT2D eigenvalue weighted by atomic mass is 9.83. The van der Waals surface area contributed by atoms with Gasteiger partial charge in [-0.3, -0.25) is 4.79 Å². The summed E-state index contributed by atoms with van der Waals surface area (Å²) in [6.07, 6.45) is 3.78. The molecule has 0 atom stereocenters. The summed E-state index contributed by atoms with van der Waals surface area (Å²) < 4.78 is 25.7. The van der Waals surface area contributed by atoms with E-state index in [2.05, 4.69) is 5.32 Å². The number of ether oxygens (including phenoxy) is 2. The lowest BCUT2D eigenvalue weighted by Gasteiger charge is -2.29. The van der Waals surface area contributed by atoms with Crippen molar-refractivity contribution < 1.29 is 28.2 Å². The second kappa shape index (κ2) is 11.1. The zero-order valence-corrected chi connectivity index (χ0v) is 22.7. The lowest BCUT2D eigenvalue weighted by Crippen LogP contribution is -2.32. The number of aromatic nitrogens is 2. The summed E-state index contributed by atoms with van der Waals surface area (Å²) in [5, 5.41) is 8.06. The lowest BCUT2D eigenvalue weighted by molar-refractivity contribution is -0.137. The van der Waals surface area contributed by atoms with Crippen molar-refractivity contribution in [2.75, 3.05) is 14.2 Å². The number of aldehydes is 1. The number of carbonyl (C=O) groups excluding carboxylic acids is 3. The molecule has 0 unspecified atom stereocenters. The summed E-state index contributed by atoms with van der Waals surface area (Å²) in [5.41, 5.74) is 5.62. The fraction of sp³-hybridized carbons (Fsp3) is 0.267. The summed E-state index contributed by atoms with van der Waals surface area (Å²) in [7, 11) is 2.57. The number of rotatable bonds is 7. The van der Waals surface area contributed by atoms with Crippen molar-refractivity contribution in [2.45, 2.75) is 39.5 Å². The number of allylic oxidation sites excluding steroid dienone is 3. The van der Waals surface area contributed by atoms with Gasteiger partial charge in [-0.15, -0.1) is 0 Å². The second-order valence-corrected chi connectivity index (χ2v) is 9.51. The van der Waals surface area contributed by atoms with Gasteiger partial charge in [0.15, 0.2) is 0 Å². The molecule has 0 radical (unpaired) electrons. The summed E-state index contributed by atoms with van der Waals surface area (Å²) in [4.78, 5) is 37.4. The number of nitrogens with zero attached hydrogens (tertiary/aromatic N) is 2.